The highest BCUT2D eigenvalue weighted by Gasteiger charge is 2.14. The van der Waals surface area contributed by atoms with Gasteiger partial charge in [-0.15, -0.1) is 0 Å². The number of aromatic carboxylic acids is 1. The number of carbonyl (C=O) groups is 1. The van der Waals surface area contributed by atoms with E-state index in [1.54, 1.807) is 18.2 Å². The minimum Gasteiger partial charge on any atom is -0.489 e. The molecule has 0 aliphatic carbocycles. The molecule has 4 nitrogen and oxygen atoms in total. The maximum atomic E-state index is 11.4. The quantitative estimate of drug-likeness (QED) is 0.788. The summed E-state index contributed by atoms with van der Waals surface area (Å²) >= 11 is 0. The molecule has 0 atom stereocenters. The Morgan fingerprint density at radius 2 is 1.91 bits per heavy atom. The third-order valence-electron chi connectivity index (χ3n) is 3.32. The Morgan fingerprint density at radius 3 is 2.59 bits per heavy atom. The van der Waals surface area contributed by atoms with Crippen molar-refractivity contribution in [2.75, 3.05) is 0 Å². The standard InChI is InChI=1S/C18H17NO3/c19-12-5-4-9-15-16(18(20)21)10-6-11-17(15)22-13-14-7-2-1-3-8-14/h1-3,6-8,10-11H,4-5,9,13H2,(H,20,21). The minimum atomic E-state index is -0.975. The number of hydrogen-bond donors (Lipinski definition) is 1. The Bertz CT molecular complexity index is 674. The molecular weight excluding hydrogens is 278 g/mol. The second-order valence-electron chi connectivity index (χ2n) is 4.87. The summed E-state index contributed by atoms with van der Waals surface area (Å²) in [7, 11) is 0. The number of nitriles is 1. The van der Waals surface area contributed by atoms with E-state index in [1.165, 1.54) is 0 Å². The lowest BCUT2D eigenvalue weighted by atomic mass is 10.0. The van der Waals surface area contributed by atoms with Crippen LogP contribution in [0, 0.1) is 11.3 Å². The van der Waals surface area contributed by atoms with Gasteiger partial charge >= 0.3 is 5.97 Å². The zero-order chi connectivity index (χ0) is 15.8. The van der Waals surface area contributed by atoms with Crippen LogP contribution < -0.4 is 4.74 Å². The first-order chi connectivity index (χ1) is 10.7. The van der Waals surface area contributed by atoms with E-state index in [4.69, 9.17) is 10.00 Å². The van der Waals surface area contributed by atoms with E-state index in [0.717, 1.165) is 5.56 Å². The van der Waals surface area contributed by atoms with Crippen molar-refractivity contribution in [1.82, 2.24) is 0 Å². The number of unbranched alkanes of at least 4 members (excludes halogenated alkanes) is 1. The van der Waals surface area contributed by atoms with Crippen LogP contribution in [0.2, 0.25) is 0 Å². The van der Waals surface area contributed by atoms with E-state index >= 15 is 0 Å². The van der Waals surface area contributed by atoms with Crippen molar-refractivity contribution in [3.8, 4) is 11.8 Å². The molecule has 0 saturated carbocycles. The van der Waals surface area contributed by atoms with Crippen molar-refractivity contribution in [1.29, 1.82) is 5.26 Å². The van der Waals surface area contributed by atoms with Crippen molar-refractivity contribution in [3.63, 3.8) is 0 Å². The average molecular weight is 295 g/mol. The van der Waals surface area contributed by atoms with Gasteiger partial charge < -0.3 is 9.84 Å². The fourth-order valence-electron chi connectivity index (χ4n) is 2.24. The van der Waals surface area contributed by atoms with Gasteiger partial charge in [0.2, 0.25) is 0 Å². The molecule has 0 spiro atoms. The number of hydrogen-bond acceptors (Lipinski definition) is 3. The first-order valence-corrected chi connectivity index (χ1v) is 7.11. The maximum absolute atomic E-state index is 11.4. The van der Waals surface area contributed by atoms with Gasteiger partial charge in [0.15, 0.2) is 0 Å². The predicted octanol–water partition coefficient (Wildman–Crippen LogP) is 3.81. The Kier molecular flexibility index (Phi) is 5.56. The van der Waals surface area contributed by atoms with Crippen LogP contribution in [0.3, 0.4) is 0 Å². The van der Waals surface area contributed by atoms with Gasteiger partial charge in [0.25, 0.3) is 0 Å². The van der Waals surface area contributed by atoms with Crippen molar-refractivity contribution in [2.24, 2.45) is 0 Å². The Hall–Kier alpha value is -2.80. The molecule has 0 amide bonds. The van der Waals surface area contributed by atoms with Gasteiger partial charge in [-0.1, -0.05) is 36.4 Å². The molecule has 0 radical (unpaired) electrons. The summed E-state index contributed by atoms with van der Waals surface area (Å²) < 4.78 is 5.80. The van der Waals surface area contributed by atoms with E-state index in [0.29, 0.717) is 37.2 Å². The van der Waals surface area contributed by atoms with E-state index in [1.807, 2.05) is 30.3 Å². The molecule has 2 rings (SSSR count). The lowest BCUT2D eigenvalue weighted by Crippen LogP contribution is -2.06. The monoisotopic (exact) mass is 295 g/mol. The predicted molar refractivity (Wildman–Crippen MR) is 82.7 cm³/mol. The van der Waals surface area contributed by atoms with E-state index in [2.05, 4.69) is 6.07 Å². The third-order valence-corrected chi connectivity index (χ3v) is 3.32. The number of carboxylic acids is 1. The molecule has 0 unspecified atom stereocenters. The molecular formula is C18H17NO3. The third kappa shape index (κ3) is 4.10. The molecule has 0 aliphatic rings. The highest BCUT2D eigenvalue weighted by atomic mass is 16.5. The molecule has 112 valence electrons. The summed E-state index contributed by atoms with van der Waals surface area (Å²) in [5.74, 6) is -0.404. The highest BCUT2D eigenvalue weighted by Crippen LogP contribution is 2.25. The highest BCUT2D eigenvalue weighted by molar-refractivity contribution is 5.90. The van der Waals surface area contributed by atoms with Gasteiger partial charge in [0.05, 0.1) is 11.6 Å². The molecule has 0 fully saturated rings. The summed E-state index contributed by atoms with van der Waals surface area (Å²) in [5, 5.41) is 18.0. The van der Waals surface area contributed by atoms with Gasteiger partial charge in [-0.25, -0.2) is 4.79 Å². The zero-order valence-electron chi connectivity index (χ0n) is 12.2. The summed E-state index contributed by atoms with van der Waals surface area (Å²) in [6.45, 7) is 0.384. The normalized spacial score (nSPS) is 9.95. The molecule has 0 heterocycles. The SMILES string of the molecule is N#CCCCc1c(OCc2ccccc2)cccc1C(=O)O. The molecule has 0 aliphatic heterocycles. The van der Waals surface area contributed by atoms with Gasteiger partial charge in [0, 0.05) is 12.0 Å². The van der Waals surface area contributed by atoms with E-state index in [9.17, 15) is 9.90 Å². The van der Waals surface area contributed by atoms with Crippen molar-refractivity contribution < 1.29 is 14.6 Å². The summed E-state index contributed by atoms with van der Waals surface area (Å²) in [4.78, 5) is 11.4. The maximum Gasteiger partial charge on any atom is 0.336 e. The van der Waals surface area contributed by atoms with Crippen LogP contribution in [0.15, 0.2) is 48.5 Å². The summed E-state index contributed by atoms with van der Waals surface area (Å²) in [6, 6.07) is 16.8. The van der Waals surface area contributed by atoms with Crippen molar-refractivity contribution >= 4 is 5.97 Å². The topological polar surface area (TPSA) is 70.3 Å². The fraction of sp³-hybridized carbons (Fsp3) is 0.222. The van der Waals surface area contributed by atoms with Crippen LogP contribution in [0.5, 0.6) is 5.75 Å². The molecule has 2 aromatic rings. The molecule has 1 N–H and O–H groups in total. The summed E-state index contributed by atoms with van der Waals surface area (Å²) in [5.41, 5.74) is 1.91. The van der Waals surface area contributed by atoms with Crippen LogP contribution in [-0.4, -0.2) is 11.1 Å². The minimum absolute atomic E-state index is 0.239. The number of carboxylic acid groups (broad SMARTS) is 1. The van der Waals surface area contributed by atoms with Gasteiger partial charge in [-0.05, 0) is 30.5 Å². The molecule has 0 saturated heterocycles. The number of benzene rings is 2. The van der Waals surface area contributed by atoms with Crippen LogP contribution in [0.25, 0.3) is 0 Å². The number of ether oxygens (including phenoxy) is 1. The lowest BCUT2D eigenvalue weighted by molar-refractivity contribution is 0.0695. The first kappa shape index (κ1) is 15.6. The van der Waals surface area contributed by atoms with Crippen LogP contribution in [-0.2, 0) is 13.0 Å². The van der Waals surface area contributed by atoms with Gasteiger partial charge in [-0.3, -0.25) is 0 Å². The Labute approximate surface area is 129 Å². The fourth-order valence-corrected chi connectivity index (χ4v) is 2.24. The van der Waals surface area contributed by atoms with Crippen molar-refractivity contribution in [3.05, 3.63) is 65.2 Å². The van der Waals surface area contributed by atoms with Crippen LogP contribution in [0.1, 0.15) is 34.3 Å². The Morgan fingerprint density at radius 1 is 1.14 bits per heavy atom. The molecule has 0 aromatic heterocycles. The Balaban J connectivity index is 2.19. The molecule has 0 bridgehead atoms. The number of rotatable bonds is 7. The summed E-state index contributed by atoms with van der Waals surface area (Å²) in [6.07, 6.45) is 1.52. The second kappa shape index (κ2) is 7.84. The van der Waals surface area contributed by atoms with Crippen molar-refractivity contribution in [2.45, 2.75) is 25.9 Å². The smallest absolute Gasteiger partial charge is 0.336 e. The lowest BCUT2D eigenvalue weighted by Gasteiger charge is -2.13. The van der Waals surface area contributed by atoms with Gasteiger partial charge in [-0.2, -0.15) is 5.26 Å². The molecule has 22 heavy (non-hydrogen) atoms. The second-order valence-corrected chi connectivity index (χ2v) is 4.87. The van der Waals surface area contributed by atoms with Gasteiger partial charge in [0.1, 0.15) is 12.4 Å². The first-order valence-electron chi connectivity index (χ1n) is 7.11. The number of nitrogens with zero attached hydrogens (tertiary/aromatic N) is 1. The molecule has 4 heteroatoms. The largest absolute Gasteiger partial charge is 0.489 e. The van der Waals surface area contributed by atoms with E-state index in [-0.39, 0.29) is 5.56 Å². The zero-order valence-corrected chi connectivity index (χ0v) is 12.2. The van der Waals surface area contributed by atoms with Crippen LogP contribution >= 0.6 is 0 Å². The van der Waals surface area contributed by atoms with Crippen LogP contribution in [0.4, 0.5) is 0 Å². The average Bonchev–Trinajstić information content (AvgIpc) is 2.54. The molecule has 2 aromatic carbocycles. The van der Waals surface area contributed by atoms with E-state index < -0.39 is 5.97 Å².